The molecule has 2 aliphatic heterocycles. The third-order valence-corrected chi connectivity index (χ3v) is 5.21. The topological polar surface area (TPSA) is 24.5 Å². The summed E-state index contributed by atoms with van der Waals surface area (Å²) in [4.78, 5) is 0. The first-order chi connectivity index (χ1) is 14.0. The molecule has 146 valence electrons. The molecule has 3 aromatic carbocycles. The average molecular weight is 394 g/mol. The predicted octanol–water partition coefficient (Wildman–Crippen LogP) is 5.70. The minimum absolute atomic E-state index is 0.0950. The van der Waals surface area contributed by atoms with E-state index in [2.05, 4.69) is 11.5 Å². The van der Waals surface area contributed by atoms with Crippen molar-refractivity contribution in [1.29, 1.82) is 0 Å². The van der Waals surface area contributed by atoms with Crippen molar-refractivity contribution in [2.45, 2.75) is 18.4 Å². The Hall–Kier alpha value is -3.25. The summed E-state index contributed by atoms with van der Waals surface area (Å²) in [5, 5.41) is 1.94. The van der Waals surface area contributed by atoms with E-state index in [4.69, 9.17) is 4.74 Å². The number of nitrogens with one attached hydrogen (secondary N) is 1. The molecule has 0 radical (unpaired) electrons. The van der Waals surface area contributed by atoms with E-state index in [1.807, 2.05) is 59.6 Å². The maximum atomic E-state index is 13.0. The molecule has 2 aliphatic rings. The smallest absolute Gasteiger partial charge is 0.416 e. The van der Waals surface area contributed by atoms with Gasteiger partial charge in [0.25, 0.3) is 0 Å². The Morgan fingerprint density at radius 1 is 0.828 bits per heavy atom. The number of hydrogen-bond acceptors (Lipinski definition) is 3. The summed E-state index contributed by atoms with van der Waals surface area (Å²) >= 11 is 0. The number of benzene rings is 3. The fourth-order valence-corrected chi connectivity index (χ4v) is 3.78. The lowest BCUT2D eigenvalue weighted by atomic mass is 10.0. The number of hydrazine groups is 1. The van der Waals surface area contributed by atoms with Gasteiger partial charge < -0.3 is 10.2 Å². The van der Waals surface area contributed by atoms with E-state index in [1.165, 1.54) is 12.1 Å². The first kappa shape index (κ1) is 17.8. The third kappa shape index (κ3) is 3.15. The zero-order valence-electron chi connectivity index (χ0n) is 15.2. The second-order valence-corrected chi connectivity index (χ2v) is 7.04. The second kappa shape index (κ2) is 6.67. The summed E-state index contributed by atoms with van der Waals surface area (Å²) in [6.45, 7) is 0. The molecule has 29 heavy (non-hydrogen) atoms. The molecule has 0 saturated heterocycles. The van der Waals surface area contributed by atoms with Crippen LogP contribution in [-0.2, 0) is 6.18 Å². The van der Waals surface area contributed by atoms with E-state index in [1.54, 1.807) is 0 Å². The van der Waals surface area contributed by atoms with E-state index in [0.29, 0.717) is 5.56 Å². The normalized spacial score (nSPS) is 20.9. The molecule has 2 atom stereocenters. The Kier molecular flexibility index (Phi) is 4.10. The van der Waals surface area contributed by atoms with Crippen LogP contribution >= 0.6 is 0 Å². The van der Waals surface area contributed by atoms with E-state index < -0.39 is 18.0 Å². The summed E-state index contributed by atoms with van der Waals surface area (Å²) in [5.41, 5.74) is 6.34. The first-order valence-electron chi connectivity index (χ1n) is 9.26. The van der Waals surface area contributed by atoms with Crippen molar-refractivity contribution in [3.63, 3.8) is 0 Å². The predicted molar refractivity (Wildman–Crippen MR) is 103 cm³/mol. The fraction of sp³-hybridized carbons (Fsp3) is 0.130. The Morgan fingerprint density at radius 2 is 1.52 bits per heavy atom. The van der Waals surface area contributed by atoms with Gasteiger partial charge in [-0.3, -0.25) is 0 Å². The van der Waals surface area contributed by atoms with Crippen molar-refractivity contribution >= 4 is 5.70 Å². The average Bonchev–Trinajstić information content (AvgIpc) is 3.19. The van der Waals surface area contributed by atoms with Crippen molar-refractivity contribution in [3.8, 4) is 5.75 Å². The van der Waals surface area contributed by atoms with E-state index in [-0.39, 0.29) is 6.04 Å². The van der Waals surface area contributed by atoms with Crippen LogP contribution in [0.1, 0.15) is 34.5 Å². The number of para-hydroxylation sites is 1. The summed E-state index contributed by atoms with van der Waals surface area (Å²) in [7, 11) is 0. The SMILES string of the molecule is FC(F)(F)c1ccc([C@H]2Oc3ccccc3[C@@H]3C=C(c4ccccc4)NN23)cc1. The maximum absolute atomic E-state index is 13.0. The minimum atomic E-state index is -4.37. The highest BCUT2D eigenvalue weighted by molar-refractivity contribution is 5.67. The quantitative estimate of drug-likeness (QED) is 0.604. The van der Waals surface area contributed by atoms with Crippen LogP contribution in [0.25, 0.3) is 5.70 Å². The second-order valence-electron chi connectivity index (χ2n) is 7.04. The molecule has 0 aliphatic carbocycles. The zero-order valence-corrected chi connectivity index (χ0v) is 15.2. The fourth-order valence-electron chi connectivity index (χ4n) is 3.78. The number of rotatable bonds is 2. The lowest BCUT2D eigenvalue weighted by Gasteiger charge is -2.39. The summed E-state index contributed by atoms with van der Waals surface area (Å²) < 4.78 is 45.0. The van der Waals surface area contributed by atoms with Crippen LogP contribution in [0.4, 0.5) is 13.2 Å². The van der Waals surface area contributed by atoms with Crippen LogP contribution in [0.2, 0.25) is 0 Å². The van der Waals surface area contributed by atoms with Gasteiger partial charge in [0, 0.05) is 11.1 Å². The molecule has 0 aromatic heterocycles. The summed E-state index contributed by atoms with van der Waals surface area (Å²) in [6.07, 6.45) is -2.81. The van der Waals surface area contributed by atoms with Gasteiger partial charge in [-0.05, 0) is 29.8 Å². The van der Waals surface area contributed by atoms with E-state index in [0.717, 1.165) is 34.7 Å². The number of alkyl halides is 3. The summed E-state index contributed by atoms with van der Waals surface area (Å²) in [5.74, 6) is 0.728. The molecule has 0 bridgehead atoms. The molecular formula is C23H17F3N2O. The number of ether oxygens (including phenoxy) is 1. The van der Waals surface area contributed by atoms with Crippen LogP contribution in [0.5, 0.6) is 5.75 Å². The van der Waals surface area contributed by atoms with Crippen LogP contribution in [-0.4, -0.2) is 5.01 Å². The van der Waals surface area contributed by atoms with Gasteiger partial charge in [0.1, 0.15) is 5.75 Å². The Bertz CT molecular complexity index is 1060. The highest BCUT2D eigenvalue weighted by Gasteiger charge is 2.40. The van der Waals surface area contributed by atoms with Crippen molar-refractivity contribution in [1.82, 2.24) is 10.4 Å². The van der Waals surface area contributed by atoms with Gasteiger partial charge in [-0.1, -0.05) is 60.7 Å². The van der Waals surface area contributed by atoms with Gasteiger partial charge >= 0.3 is 6.18 Å². The molecule has 6 heteroatoms. The molecule has 0 spiro atoms. The molecule has 5 rings (SSSR count). The lowest BCUT2D eigenvalue weighted by Crippen LogP contribution is -2.43. The van der Waals surface area contributed by atoms with Crippen LogP contribution in [0.3, 0.4) is 0 Å². The highest BCUT2D eigenvalue weighted by atomic mass is 19.4. The molecule has 3 aromatic rings. The van der Waals surface area contributed by atoms with Crippen molar-refractivity contribution in [2.75, 3.05) is 0 Å². The number of halogens is 3. The molecule has 0 saturated carbocycles. The van der Waals surface area contributed by atoms with Gasteiger partial charge in [-0.25, -0.2) is 0 Å². The van der Waals surface area contributed by atoms with Crippen LogP contribution in [0.15, 0.2) is 84.9 Å². The number of hydrogen-bond donors (Lipinski definition) is 1. The zero-order chi connectivity index (χ0) is 20.0. The standard InChI is InChI=1S/C23H17F3N2O/c24-23(25,26)17-12-10-16(11-13-17)22-28-20(18-8-4-5-9-21(18)29-22)14-19(27-28)15-6-2-1-3-7-15/h1-14,20,22,27H/t20-,22+/m0/s1. The lowest BCUT2D eigenvalue weighted by molar-refractivity contribution is -0.137. The Balaban J connectivity index is 1.54. The molecule has 1 N–H and O–H groups in total. The number of fused-ring (bicyclic) bond motifs is 3. The van der Waals surface area contributed by atoms with Crippen molar-refractivity contribution in [3.05, 3.63) is 107 Å². The van der Waals surface area contributed by atoms with Crippen LogP contribution < -0.4 is 10.2 Å². The molecule has 0 fully saturated rings. The minimum Gasteiger partial charge on any atom is -0.469 e. The maximum Gasteiger partial charge on any atom is 0.416 e. The van der Waals surface area contributed by atoms with Gasteiger partial charge in [-0.15, -0.1) is 0 Å². The highest BCUT2D eigenvalue weighted by Crippen LogP contribution is 2.46. The largest absolute Gasteiger partial charge is 0.469 e. The molecule has 2 heterocycles. The Labute approximate surface area is 166 Å². The van der Waals surface area contributed by atoms with Crippen molar-refractivity contribution < 1.29 is 17.9 Å². The summed E-state index contributed by atoms with van der Waals surface area (Å²) in [6, 6.07) is 22.7. The van der Waals surface area contributed by atoms with E-state index in [9.17, 15) is 13.2 Å². The van der Waals surface area contributed by atoms with Gasteiger partial charge in [0.2, 0.25) is 0 Å². The van der Waals surface area contributed by atoms with E-state index >= 15 is 0 Å². The molecule has 3 nitrogen and oxygen atoms in total. The first-order valence-corrected chi connectivity index (χ1v) is 9.26. The Morgan fingerprint density at radius 3 is 2.24 bits per heavy atom. The third-order valence-electron chi connectivity index (χ3n) is 5.21. The van der Waals surface area contributed by atoms with Gasteiger partial charge in [0.15, 0.2) is 6.23 Å². The van der Waals surface area contributed by atoms with Crippen LogP contribution in [0, 0.1) is 0 Å². The molecule has 0 amide bonds. The molecule has 0 unspecified atom stereocenters. The van der Waals surface area contributed by atoms with Gasteiger partial charge in [-0.2, -0.15) is 18.2 Å². The monoisotopic (exact) mass is 394 g/mol. The van der Waals surface area contributed by atoms with Gasteiger partial charge in [0.05, 0.1) is 17.3 Å². The molecular weight excluding hydrogens is 377 g/mol. The number of nitrogens with zero attached hydrogens (tertiary/aromatic N) is 1. The van der Waals surface area contributed by atoms with Crippen molar-refractivity contribution in [2.24, 2.45) is 0 Å².